The number of aromatic nitrogens is 3. The van der Waals surface area contributed by atoms with Gasteiger partial charge in [-0.05, 0) is 100 Å². The smallest absolute Gasteiger partial charge is 0.417 e. The molecule has 0 aliphatic heterocycles. The first-order valence-corrected chi connectivity index (χ1v) is 15.4. The molecular formula is C32H33F7N4O5. The van der Waals surface area contributed by atoms with E-state index in [9.17, 15) is 41.4 Å². The molecule has 4 fully saturated rings. The van der Waals surface area contributed by atoms with Gasteiger partial charge in [0.05, 0.1) is 12.2 Å². The normalized spacial score (nSPS) is 27.9. The Kier molecular flexibility index (Phi) is 8.19. The summed E-state index contributed by atoms with van der Waals surface area (Å²) in [4.78, 5) is 22.3. The highest BCUT2D eigenvalue weighted by Crippen LogP contribution is 2.63. The van der Waals surface area contributed by atoms with Gasteiger partial charge < -0.3 is 19.5 Å². The first kappa shape index (κ1) is 33.9. The minimum Gasteiger partial charge on any atom is -0.465 e. The molecule has 2 aromatic heterocycles. The van der Waals surface area contributed by atoms with E-state index in [2.05, 4.69) is 19.9 Å². The van der Waals surface area contributed by atoms with Crippen molar-refractivity contribution in [3.8, 4) is 16.9 Å². The molecule has 48 heavy (non-hydrogen) atoms. The molecule has 1 unspecified atom stereocenters. The summed E-state index contributed by atoms with van der Waals surface area (Å²) in [5.41, 5.74) is -6.25. The Morgan fingerprint density at radius 3 is 2.15 bits per heavy atom. The first-order valence-electron chi connectivity index (χ1n) is 15.4. The summed E-state index contributed by atoms with van der Waals surface area (Å²) in [5.74, 6) is -2.07. The van der Waals surface area contributed by atoms with Crippen LogP contribution in [0.15, 0.2) is 41.1 Å². The standard InChI is InChI=1S/C32H33F7N4O5/c1-28(2,36)25-41-24(42-48-25)30-10-7-29(8-11-30,9-12-30)23(18-14-31(46,15-18)32(37,38)39)43(27(44)45)22-13-20(21(33)16-40-22)17-3-5-19(6-4-17)47-26(34)35/h3-6,13,16,18,23,26,46H,7-12,14-15H2,1-2H3,(H,44,45). The highest BCUT2D eigenvalue weighted by atomic mass is 19.4. The lowest BCUT2D eigenvalue weighted by molar-refractivity contribution is -0.303. The van der Waals surface area contributed by atoms with Crippen LogP contribution < -0.4 is 9.64 Å². The molecule has 4 aliphatic rings. The summed E-state index contributed by atoms with van der Waals surface area (Å²) in [7, 11) is 0. The van der Waals surface area contributed by atoms with Crippen molar-refractivity contribution in [3.05, 3.63) is 54.1 Å². The molecular weight excluding hydrogens is 653 g/mol. The molecule has 0 radical (unpaired) electrons. The molecule has 4 aliphatic carbocycles. The van der Waals surface area contributed by atoms with E-state index in [1.807, 2.05) is 0 Å². The zero-order valence-electron chi connectivity index (χ0n) is 25.9. The molecule has 3 aromatic rings. The Morgan fingerprint density at radius 2 is 1.65 bits per heavy atom. The fraction of sp³-hybridized carbons (Fsp3) is 0.562. The largest absolute Gasteiger partial charge is 0.465 e. The summed E-state index contributed by atoms with van der Waals surface area (Å²) in [6.07, 6.45) is -4.82. The van der Waals surface area contributed by atoms with E-state index in [1.54, 1.807) is 0 Å². The molecule has 1 amide bonds. The molecule has 4 saturated carbocycles. The number of hydrogen-bond donors (Lipinski definition) is 2. The molecule has 16 heteroatoms. The van der Waals surface area contributed by atoms with E-state index >= 15 is 4.39 Å². The number of halogens is 7. The number of nitrogens with zero attached hydrogens (tertiary/aromatic N) is 4. The lowest BCUT2D eigenvalue weighted by atomic mass is 9.47. The average molecular weight is 687 g/mol. The van der Waals surface area contributed by atoms with Crippen molar-refractivity contribution in [3.63, 3.8) is 0 Å². The van der Waals surface area contributed by atoms with Gasteiger partial charge in [-0.25, -0.2) is 18.6 Å². The SMILES string of the molecule is CC(C)(F)c1nc(C23CCC(C(C4CC(O)(C(F)(F)F)C4)N(C(=O)O)c4cc(-c5ccc(OC(F)F)cc5)c(F)cn4)(CC2)CC3)no1. The van der Waals surface area contributed by atoms with Crippen molar-refractivity contribution in [2.24, 2.45) is 11.3 Å². The van der Waals surface area contributed by atoms with Crippen LogP contribution in [-0.2, 0) is 11.1 Å². The average Bonchev–Trinajstić information content (AvgIpc) is 3.52. The van der Waals surface area contributed by atoms with E-state index in [0.717, 1.165) is 17.2 Å². The highest BCUT2D eigenvalue weighted by Gasteiger charge is 2.67. The van der Waals surface area contributed by atoms with Gasteiger partial charge in [-0.15, -0.1) is 0 Å². The van der Waals surface area contributed by atoms with Crippen LogP contribution in [-0.4, -0.2) is 55.9 Å². The van der Waals surface area contributed by atoms with Crippen LogP contribution in [0, 0.1) is 17.2 Å². The first-order chi connectivity index (χ1) is 22.4. The van der Waals surface area contributed by atoms with Crippen LogP contribution >= 0.6 is 0 Å². The topological polar surface area (TPSA) is 122 Å². The van der Waals surface area contributed by atoms with Crippen molar-refractivity contribution in [1.29, 1.82) is 0 Å². The van der Waals surface area contributed by atoms with Gasteiger partial charge in [0.1, 0.15) is 17.4 Å². The Balaban J connectivity index is 1.36. The molecule has 2 heterocycles. The molecule has 1 atom stereocenters. The second kappa shape index (κ2) is 11.6. The number of anilines is 1. The number of aliphatic hydroxyl groups is 1. The summed E-state index contributed by atoms with van der Waals surface area (Å²) < 4.78 is 106. The Bertz CT molecular complexity index is 1640. The highest BCUT2D eigenvalue weighted by molar-refractivity contribution is 5.87. The van der Waals surface area contributed by atoms with Crippen LogP contribution in [0.3, 0.4) is 0 Å². The monoisotopic (exact) mass is 686 g/mol. The maximum absolute atomic E-state index is 15.1. The number of alkyl halides is 6. The maximum atomic E-state index is 15.1. The van der Waals surface area contributed by atoms with Crippen LogP contribution in [0.1, 0.15) is 76.9 Å². The van der Waals surface area contributed by atoms with Crippen LogP contribution in [0.5, 0.6) is 5.75 Å². The quantitative estimate of drug-likeness (QED) is 0.218. The number of amides is 1. The van der Waals surface area contributed by atoms with E-state index in [1.165, 1.54) is 38.1 Å². The van der Waals surface area contributed by atoms with E-state index < -0.39 is 71.6 Å². The van der Waals surface area contributed by atoms with Gasteiger partial charge in [-0.2, -0.15) is 26.9 Å². The third kappa shape index (κ3) is 5.85. The van der Waals surface area contributed by atoms with E-state index in [4.69, 9.17) is 4.52 Å². The van der Waals surface area contributed by atoms with Crippen molar-refractivity contribution in [1.82, 2.24) is 15.1 Å². The molecule has 2 N–H and O–H groups in total. The summed E-state index contributed by atoms with van der Waals surface area (Å²) in [6.45, 7) is -0.516. The van der Waals surface area contributed by atoms with Crippen molar-refractivity contribution in [2.45, 2.75) is 101 Å². The fourth-order valence-corrected chi connectivity index (χ4v) is 7.88. The lowest BCUT2D eigenvalue weighted by Gasteiger charge is -2.61. The molecule has 7 rings (SSSR count). The third-order valence-electron chi connectivity index (χ3n) is 10.5. The number of fused-ring (bicyclic) bond motifs is 3. The van der Waals surface area contributed by atoms with Gasteiger partial charge in [0, 0.05) is 11.0 Å². The van der Waals surface area contributed by atoms with Crippen molar-refractivity contribution < 1.29 is 55.0 Å². The van der Waals surface area contributed by atoms with E-state index in [0.29, 0.717) is 44.3 Å². The summed E-state index contributed by atoms with van der Waals surface area (Å²) in [6, 6.07) is 5.02. The number of benzene rings is 1. The number of ether oxygens (including phenoxy) is 1. The second-order valence-corrected chi connectivity index (χ2v) is 13.8. The molecule has 2 bridgehead atoms. The fourth-order valence-electron chi connectivity index (χ4n) is 7.88. The Morgan fingerprint density at radius 1 is 1.04 bits per heavy atom. The number of rotatable bonds is 9. The van der Waals surface area contributed by atoms with Crippen molar-refractivity contribution in [2.75, 3.05) is 4.90 Å². The predicted molar refractivity (Wildman–Crippen MR) is 155 cm³/mol. The summed E-state index contributed by atoms with van der Waals surface area (Å²) >= 11 is 0. The predicted octanol–water partition coefficient (Wildman–Crippen LogP) is 7.93. The zero-order chi connectivity index (χ0) is 34.9. The molecule has 0 saturated heterocycles. The van der Waals surface area contributed by atoms with Gasteiger partial charge in [0.15, 0.2) is 17.1 Å². The molecule has 9 nitrogen and oxygen atoms in total. The van der Waals surface area contributed by atoms with Gasteiger partial charge in [0.25, 0.3) is 5.89 Å². The van der Waals surface area contributed by atoms with Gasteiger partial charge in [0.2, 0.25) is 0 Å². The van der Waals surface area contributed by atoms with Crippen LogP contribution in [0.2, 0.25) is 0 Å². The van der Waals surface area contributed by atoms with Crippen LogP contribution in [0.4, 0.5) is 41.3 Å². The van der Waals surface area contributed by atoms with Crippen LogP contribution in [0.25, 0.3) is 11.1 Å². The zero-order valence-corrected chi connectivity index (χ0v) is 25.9. The molecule has 0 spiro atoms. The van der Waals surface area contributed by atoms with Gasteiger partial charge in [-0.1, -0.05) is 17.3 Å². The van der Waals surface area contributed by atoms with Crippen molar-refractivity contribution >= 4 is 11.9 Å². The minimum absolute atomic E-state index is 0.124. The van der Waals surface area contributed by atoms with Gasteiger partial charge >= 0.3 is 18.9 Å². The third-order valence-corrected chi connectivity index (χ3v) is 10.5. The van der Waals surface area contributed by atoms with Gasteiger partial charge in [-0.3, -0.25) is 4.90 Å². The van der Waals surface area contributed by atoms with E-state index in [-0.39, 0.29) is 28.6 Å². The number of hydrogen-bond acceptors (Lipinski definition) is 7. The lowest BCUT2D eigenvalue weighted by Crippen LogP contribution is -2.66. The maximum Gasteiger partial charge on any atom is 0.417 e. The second-order valence-electron chi connectivity index (χ2n) is 13.8. The minimum atomic E-state index is -4.93. The summed E-state index contributed by atoms with van der Waals surface area (Å²) in [5, 5.41) is 25.1. The number of pyridine rings is 1. The number of carbonyl (C=O) groups is 1. The Labute approximate surface area is 270 Å². The molecule has 260 valence electrons. The Hall–Kier alpha value is -3.95. The number of carboxylic acid groups (broad SMARTS) is 1. The molecule has 1 aromatic carbocycles.